The monoisotopic (exact) mass is 285 g/mol. The van der Waals surface area contributed by atoms with Crippen LogP contribution in [0.5, 0.6) is 0 Å². The van der Waals surface area contributed by atoms with Crippen LogP contribution in [0.25, 0.3) is 0 Å². The molecule has 2 aromatic rings. The molecule has 0 spiro atoms. The van der Waals surface area contributed by atoms with Crippen LogP contribution in [0.4, 0.5) is 0 Å². The number of nitrogens with one attached hydrogen (secondary N) is 1. The first-order chi connectivity index (χ1) is 9.74. The Morgan fingerprint density at radius 1 is 1.35 bits per heavy atom. The maximum absolute atomic E-state index is 11.9. The molecule has 0 aliphatic heterocycles. The number of hydrogen-bond donors (Lipinski definition) is 1. The lowest BCUT2D eigenvalue weighted by atomic mass is 10.1. The van der Waals surface area contributed by atoms with Gasteiger partial charge in [0, 0.05) is 12.2 Å². The number of benzene rings is 1. The van der Waals surface area contributed by atoms with E-state index in [9.17, 15) is 4.79 Å². The summed E-state index contributed by atoms with van der Waals surface area (Å²) in [6.07, 6.45) is 1.50. The molecule has 2 rings (SSSR count). The Morgan fingerprint density at radius 3 is 2.75 bits per heavy atom. The Bertz CT molecular complexity index is 674. The zero-order valence-corrected chi connectivity index (χ0v) is 12.0. The molecule has 5 heteroatoms. The molecule has 0 aliphatic carbocycles. The van der Waals surface area contributed by atoms with Crippen molar-refractivity contribution >= 4 is 11.8 Å². The zero-order chi connectivity index (χ0) is 14.4. The summed E-state index contributed by atoms with van der Waals surface area (Å²) in [5, 5.41) is 9.71. The van der Waals surface area contributed by atoms with Gasteiger partial charge in [0.25, 0.3) is 5.56 Å². The molecule has 102 valence electrons. The van der Waals surface area contributed by atoms with Crippen molar-refractivity contribution in [2.75, 3.05) is 5.75 Å². The van der Waals surface area contributed by atoms with Crippen molar-refractivity contribution in [2.24, 2.45) is 0 Å². The van der Waals surface area contributed by atoms with E-state index in [1.807, 2.05) is 36.4 Å². The van der Waals surface area contributed by atoms with Crippen LogP contribution in [-0.4, -0.2) is 15.7 Å². The Labute approximate surface area is 121 Å². The number of aromatic amines is 1. The summed E-state index contributed by atoms with van der Waals surface area (Å²) in [5.41, 5.74) is 1.33. The number of nitriles is 1. The molecule has 0 atom stereocenters. The van der Waals surface area contributed by atoms with Gasteiger partial charge in [-0.3, -0.25) is 4.79 Å². The van der Waals surface area contributed by atoms with E-state index in [-0.39, 0.29) is 11.1 Å². The van der Waals surface area contributed by atoms with Crippen LogP contribution in [0, 0.1) is 11.3 Å². The molecule has 0 saturated carbocycles. The normalized spacial score (nSPS) is 10.2. The summed E-state index contributed by atoms with van der Waals surface area (Å²) in [7, 11) is 0. The van der Waals surface area contributed by atoms with Crippen LogP contribution in [0.3, 0.4) is 0 Å². The predicted molar refractivity (Wildman–Crippen MR) is 79.8 cm³/mol. The number of thioether (sulfide) groups is 1. The van der Waals surface area contributed by atoms with Gasteiger partial charge in [-0.15, -0.1) is 0 Å². The van der Waals surface area contributed by atoms with E-state index < -0.39 is 0 Å². The molecule has 1 N–H and O–H groups in total. The molecule has 4 nitrogen and oxygen atoms in total. The van der Waals surface area contributed by atoms with Crippen molar-refractivity contribution in [1.82, 2.24) is 9.97 Å². The quantitative estimate of drug-likeness (QED) is 0.677. The molecule has 20 heavy (non-hydrogen) atoms. The number of hydrogen-bond acceptors (Lipinski definition) is 4. The molecule has 0 bridgehead atoms. The molecule has 0 fully saturated rings. The van der Waals surface area contributed by atoms with Crippen molar-refractivity contribution in [3.8, 4) is 6.07 Å². The van der Waals surface area contributed by atoms with Crippen LogP contribution in [0.15, 0.2) is 40.3 Å². The van der Waals surface area contributed by atoms with E-state index in [2.05, 4.69) is 16.9 Å². The van der Waals surface area contributed by atoms with Crippen LogP contribution in [0.1, 0.15) is 30.2 Å². The van der Waals surface area contributed by atoms with Gasteiger partial charge in [0.1, 0.15) is 11.6 Å². The Kier molecular flexibility index (Phi) is 4.97. The zero-order valence-electron chi connectivity index (χ0n) is 11.2. The first-order valence-corrected chi connectivity index (χ1v) is 7.43. The topological polar surface area (TPSA) is 69.5 Å². The van der Waals surface area contributed by atoms with Gasteiger partial charge in [-0.1, -0.05) is 49.0 Å². The minimum atomic E-state index is -0.355. The smallest absolute Gasteiger partial charge is 0.269 e. The van der Waals surface area contributed by atoms with E-state index in [0.717, 1.165) is 17.7 Å². The van der Waals surface area contributed by atoms with E-state index >= 15 is 0 Å². The third-order valence-corrected chi connectivity index (χ3v) is 3.82. The standard InChI is InChI=1S/C15H15N3OS/c1-2-8-20-15-17-13(12(10-16)14(19)18-15)9-11-6-4-3-5-7-11/h3-7H,2,8-9H2,1H3,(H,17,18,19). The van der Waals surface area contributed by atoms with Gasteiger partial charge in [-0.25, -0.2) is 4.98 Å². The molecule has 0 saturated heterocycles. The fraction of sp³-hybridized carbons (Fsp3) is 0.267. The van der Waals surface area contributed by atoms with Gasteiger partial charge < -0.3 is 4.98 Å². The number of nitrogens with zero attached hydrogens (tertiary/aromatic N) is 2. The van der Waals surface area contributed by atoms with Gasteiger partial charge in [-0.05, 0) is 12.0 Å². The fourth-order valence-electron chi connectivity index (χ4n) is 1.80. The van der Waals surface area contributed by atoms with Gasteiger partial charge in [-0.2, -0.15) is 5.26 Å². The first kappa shape index (κ1) is 14.4. The van der Waals surface area contributed by atoms with Crippen LogP contribution >= 0.6 is 11.8 Å². The maximum Gasteiger partial charge on any atom is 0.269 e. The van der Waals surface area contributed by atoms with Crippen molar-refractivity contribution in [3.05, 3.63) is 57.5 Å². The highest BCUT2D eigenvalue weighted by Gasteiger charge is 2.11. The summed E-state index contributed by atoms with van der Waals surface area (Å²) in [6.45, 7) is 2.07. The lowest BCUT2D eigenvalue weighted by molar-refractivity contribution is 0.869. The maximum atomic E-state index is 11.9. The molecule has 0 amide bonds. The van der Waals surface area contributed by atoms with E-state index in [1.54, 1.807) is 0 Å². The van der Waals surface area contributed by atoms with E-state index in [1.165, 1.54) is 11.8 Å². The summed E-state index contributed by atoms with van der Waals surface area (Å²) < 4.78 is 0. The molecule has 1 aromatic heterocycles. The molecule has 1 heterocycles. The summed E-state index contributed by atoms with van der Waals surface area (Å²) in [6, 6.07) is 11.7. The summed E-state index contributed by atoms with van der Waals surface area (Å²) >= 11 is 1.50. The van der Waals surface area contributed by atoms with Crippen molar-refractivity contribution < 1.29 is 0 Å². The largest absolute Gasteiger partial charge is 0.300 e. The lowest BCUT2D eigenvalue weighted by Crippen LogP contribution is -2.17. The van der Waals surface area contributed by atoms with Crippen LogP contribution < -0.4 is 5.56 Å². The van der Waals surface area contributed by atoms with Crippen molar-refractivity contribution in [3.63, 3.8) is 0 Å². The third-order valence-electron chi connectivity index (χ3n) is 2.74. The highest BCUT2D eigenvalue weighted by atomic mass is 32.2. The molecular formula is C15H15N3OS. The number of rotatable bonds is 5. The second-order valence-electron chi connectivity index (χ2n) is 4.32. The molecule has 0 radical (unpaired) electrons. The van der Waals surface area contributed by atoms with Gasteiger partial charge >= 0.3 is 0 Å². The summed E-state index contributed by atoms with van der Waals surface area (Å²) in [4.78, 5) is 19.0. The van der Waals surface area contributed by atoms with Crippen molar-refractivity contribution in [1.29, 1.82) is 5.26 Å². The molecule has 0 aliphatic rings. The van der Waals surface area contributed by atoms with Gasteiger partial charge in [0.2, 0.25) is 0 Å². The Morgan fingerprint density at radius 2 is 2.10 bits per heavy atom. The van der Waals surface area contributed by atoms with E-state index in [4.69, 9.17) is 5.26 Å². The average molecular weight is 285 g/mol. The SMILES string of the molecule is CCCSc1nc(Cc2ccccc2)c(C#N)c(=O)[nH]1. The van der Waals surface area contributed by atoms with Gasteiger partial charge in [0.15, 0.2) is 5.16 Å². The average Bonchev–Trinajstić information content (AvgIpc) is 2.46. The molecule has 0 unspecified atom stereocenters. The van der Waals surface area contributed by atoms with Crippen LogP contribution in [-0.2, 0) is 6.42 Å². The second-order valence-corrected chi connectivity index (χ2v) is 5.40. The molecule has 1 aromatic carbocycles. The first-order valence-electron chi connectivity index (χ1n) is 6.44. The number of aromatic nitrogens is 2. The summed E-state index contributed by atoms with van der Waals surface area (Å²) in [5.74, 6) is 0.889. The van der Waals surface area contributed by atoms with Gasteiger partial charge in [0.05, 0.1) is 5.69 Å². The predicted octanol–water partition coefficient (Wildman–Crippen LogP) is 2.73. The Balaban J connectivity index is 2.37. The second kappa shape index (κ2) is 6.92. The highest BCUT2D eigenvalue weighted by molar-refractivity contribution is 7.99. The fourth-order valence-corrected chi connectivity index (χ4v) is 2.53. The molecular weight excluding hydrogens is 270 g/mol. The van der Waals surface area contributed by atoms with Crippen LogP contribution in [0.2, 0.25) is 0 Å². The number of H-pyrrole nitrogens is 1. The third kappa shape index (κ3) is 3.49. The van der Waals surface area contributed by atoms with Crippen molar-refractivity contribution in [2.45, 2.75) is 24.9 Å². The minimum absolute atomic E-state index is 0.106. The Hall–Kier alpha value is -2.06. The minimum Gasteiger partial charge on any atom is -0.300 e. The lowest BCUT2D eigenvalue weighted by Gasteiger charge is -2.06. The van der Waals surface area contributed by atoms with E-state index in [0.29, 0.717) is 17.3 Å². The highest BCUT2D eigenvalue weighted by Crippen LogP contribution is 2.15.